The van der Waals surface area contributed by atoms with Crippen LogP contribution in [0.25, 0.3) is 10.9 Å². The van der Waals surface area contributed by atoms with E-state index < -0.39 is 12.5 Å². The highest BCUT2D eigenvalue weighted by Gasteiger charge is 2.54. The molecule has 3 saturated heterocycles. The van der Waals surface area contributed by atoms with E-state index in [0.29, 0.717) is 28.6 Å². The molecule has 0 saturated carbocycles. The van der Waals surface area contributed by atoms with Gasteiger partial charge in [-0.1, -0.05) is 6.08 Å². The van der Waals surface area contributed by atoms with E-state index in [2.05, 4.69) is 16.3 Å². The maximum Gasteiger partial charge on any atom is 0.573 e. The summed E-state index contributed by atoms with van der Waals surface area (Å²) in [7, 11) is 1.61. The summed E-state index contributed by atoms with van der Waals surface area (Å²) in [6, 6.07) is 13.6. The maximum absolute atomic E-state index is 12.6. The first-order valence-electron chi connectivity index (χ1n) is 12.1. The first-order chi connectivity index (χ1) is 17.2. The third-order valence-electron chi connectivity index (χ3n) is 8.00. The molecule has 0 radical (unpaired) electrons. The van der Waals surface area contributed by atoms with Crippen LogP contribution < -0.4 is 9.47 Å². The number of fused-ring (bicyclic) bond motifs is 4. The van der Waals surface area contributed by atoms with Crippen LogP contribution in [0.1, 0.15) is 30.1 Å². The number of aliphatic hydroxyl groups excluding tert-OH is 1. The Labute approximate surface area is 208 Å². The van der Waals surface area contributed by atoms with Crippen molar-refractivity contribution in [2.45, 2.75) is 37.9 Å². The highest BCUT2D eigenvalue weighted by atomic mass is 19.4. The van der Waals surface area contributed by atoms with Gasteiger partial charge >= 0.3 is 6.36 Å². The molecule has 0 spiro atoms. The number of hydrogen-bond donors (Lipinski definition) is 1. The molecule has 6 rings (SSSR count). The quantitative estimate of drug-likeness (QED) is 0.330. The molecule has 3 aromatic rings. The van der Waals surface area contributed by atoms with Crippen molar-refractivity contribution in [2.75, 3.05) is 20.2 Å². The Bertz CT molecular complexity index is 1250. The molecule has 0 amide bonds. The number of piperidine rings is 3. The molecule has 3 aliphatic rings. The second-order valence-corrected chi connectivity index (χ2v) is 9.95. The van der Waals surface area contributed by atoms with E-state index in [0.717, 1.165) is 48.0 Å². The fourth-order valence-electron chi connectivity index (χ4n) is 6.28. The minimum absolute atomic E-state index is 0.0668. The van der Waals surface area contributed by atoms with Crippen molar-refractivity contribution >= 4 is 10.9 Å². The molecule has 3 fully saturated rings. The van der Waals surface area contributed by atoms with E-state index >= 15 is 0 Å². The minimum Gasteiger partial charge on any atom is -0.497 e. The Balaban J connectivity index is 1.49. The van der Waals surface area contributed by atoms with Gasteiger partial charge < -0.3 is 19.1 Å². The van der Waals surface area contributed by atoms with Crippen molar-refractivity contribution in [1.82, 2.24) is 4.98 Å². The lowest BCUT2D eigenvalue weighted by Crippen LogP contribution is -2.67. The summed E-state index contributed by atoms with van der Waals surface area (Å²) in [5.74, 6) is 1.25. The second kappa shape index (κ2) is 9.41. The number of benzene rings is 2. The maximum atomic E-state index is 12.6. The van der Waals surface area contributed by atoms with Crippen molar-refractivity contribution in [3.63, 3.8) is 0 Å². The highest BCUT2D eigenvalue weighted by Crippen LogP contribution is 2.48. The molecule has 5 atom stereocenters. The van der Waals surface area contributed by atoms with Gasteiger partial charge in [0, 0.05) is 35.9 Å². The topological polar surface area (TPSA) is 51.6 Å². The molecule has 5 nitrogen and oxygen atoms in total. The standard InChI is InChI=1S/C28H30F3N2O3/c1-3-19-17-33(16-18-4-6-21(7-5-18)36-28(29,30)31)13-11-20(19)14-26(33)27(34)23-10-12-32-25-9-8-22(35-2)15-24(23)25/h3-10,12,15,19-20,26-27,34H,1,11,13-14,16-17H2,2H3/q+1/t19?,20?,26?,27-,33?/m0/s1. The lowest BCUT2D eigenvalue weighted by molar-refractivity contribution is -0.984. The lowest BCUT2D eigenvalue weighted by Gasteiger charge is -2.58. The lowest BCUT2D eigenvalue weighted by atomic mass is 9.71. The molecule has 36 heavy (non-hydrogen) atoms. The van der Waals surface area contributed by atoms with Gasteiger partial charge in [-0.2, -0.15) is 0 Å². The summed E-state index contributed by atoms with van der Waals surface area (Å²) < 4.78 is 47.9. The van der Waals surface area contributed by atoms with Crippen LogP contribution in [0.3, 0.4) is 0 Å². The number of alkyl halides is 3. The van der Waals surface area contributed by atoms with Crippen LogP contribution in [0.2, 0.25) is 0 Å². The van der Waals surface area contributed by atoms with Crippen LogP contribution in [0.15, 0.2) is 67.4 Å². The predicted octanol–water partition coefficient (Wildman–Crippen LogP) is 5.79. The molecule has 4 heterocycles. The first-order valence-corrected chi connectivity index (χ1v) is 12.1. The third kappa shape index (κ3) is 4.67. The Morgan fingerprint density at radius 2 is 1.92 bits per heavy atom. The Morgan fingerprint density at radius 1 is 1.17 bits per heavy atom. The van der Waals surface area contributed by atoms with Crippen molar-refractivity contribution in [1.29, 1.82) is 0 Å². The second-order valence-electron chi connectivity index (χ2n) is 9.95. The molecule has 0 aliphatic carbocycles. The predicted molar refractivity (Wildman–Crippen MR) is 130 cm³/mol. The summed E-state index contributed by atoms with van der Waals surface area (Å²) >= 11 is 0. The van der Waals surface area contributed by atoms with Gasteiger partial charge in [0.1, 0.15) is 30.2 Å². The Hall–Kier alpha value is -3.10. The van der Waals surface area contributed by atoms with Gasteiger partial charge in [0.2, 0.25) is 0 Å². The van der Waals surface area contributed by atoms with Crippen LogP contribution in [-0.2, 0) is 6.54 Å². The molecule has 190 valence electrons. The van der Waals surface area contributed by atoms with Crippen LogP contribution >= 0.6 is 0 Å². The van der Waals surface area contributed by atoms with Gasteiger partial charge in [-0.3, -0.25) is 4.98 Å². The summed E-state index contributed by atoms with van der Waals surface area (Å²) in [6.45, 7) is 6.39. The smallest absolute Gasteiger partial charge is 0.497 e. The molecule has 4 unspecified atom stereocenters. The molecule has 2 aromatic carbocycles. The van der Waals surface area contributed by atoms with Crippen molar-refractivity contribution < 1.29 is 32.2 Å². The number of methoxy groups -OCH3 is 1. The summed E-state index contributed by atoms with van der Waals surface area (Å²) in [5.41, 5.74) is 2.52. The van der Waals surface area contributed by atoms with Gasteiger partial charge in [-0.15, -0.1) is 19.8 Å². The van der Waals surface area contributed by atoms with Crippen molar-refractivity contribution in [3.8, 4) is 11.5 Å². The monoisotopic (exact) mass is 499 g/mol. The Kier molecular flexibility index (Phi) is 6.43. The molecule has 2 bridgehead atoms. The number of hydrogen-bond acceptors (Lipinski definition) is 4. The Morgan fingerprint density at radius 3 is 2.61 bits per heavy atom. The number of aliphatic hydroxyl groups is 1. The van der Waals surface area contributed by atoms with Gasteiger partial charge in [-0.25, -0.2) is 0 Å². The number of pyridine rings is 1. The van der Waals surface area contributed by atoms with Gasteiger partial charge in [-0.05, 0) is 60.0 Å². The van der Waals surface area contributed by atoms with Gasteiger partial charge in [0.15, 0.2) is 0 Å². The molecular weight excluding hydrogens is 469 g/mol. The summed E-state index contributed by atoms with van der Waals surface area (Å²) in [5, 5.41) is 12.7. The van der Waals surface area contributed by atoms with Crippen molar-refractivity contribution in [3.05, 3.63) is 78.5 Å². The number of quaternary nitrogens is 1. The molecule has 8 heteroatoms. The first kappa shape index (κ1) is 24.6. The number of nitrogens with zero attached hydrogens (tertiary/aromatic N) is 2. The van der Waals surface area contributed by atoms with Gasteiger partial charge in [0.05, 0.1) is 25.7 Å². The zero-order valence-electron chi connectivity index (χ0n) is 20.1. The van der Waals surface area contributed by atoms with Crippen LogP contribution in [-0.4, -0.2) is 47.2 Å². The number of aromatic nitrogens is 1. The zero-order valence-corrected chi connectivity index (χ0v) is 20.1. The zero-order chi connectivity index (χ0) is 25.5. The van der Waals surface area contributed by atoms with E-state index in [1.807, 2.05) is 30.3 Å². The van der Waals surface area contributed by atoms with E-state index in [4.69, 9.17) is 4.74 Å². The van der Waals surface area contributed by atoms with E-state index in [1.54, 1.807) is 25.4 Å². The molecule has 1 N–H and O–H groups in total. The largest absolute Gasteiger partial charge is 0.573 e. The fraction of sp³-hybridized carbons (Fsp3) is 0.393. The van der Waals surface area contributed by atoms with E-state index in [1.165, 1.54) is 12.1 Å². The van der Waals surface area contributed by atoms with Gasteiger partial charge in [0.25, 0.3) is 0 Å². The average Bonchev–Trinajstić information content (AvgIpc) is 2.87. The normalized spacial score (nSPS) is 26.5. The van der Waals surface area contributed by atoms with E-state index in [-0.39, 0.29) is 11.8 Å². The van der Waals surface area contributed by atoms with Crippen LogP contribution in [0.5, 0.6) is 11.5 Å². The average molecular weight is 500 g/mol. The third-order valence-corrected chi connectivity index (χ3v) is 8.00. The number of rotatable bonds is 7. The SMILES string of the molecule is C=CC1C[N+]2(Cc3ccc(OC(F)(F)F)cc3)CCC1CC2[C@@H](O)c1ccnc2ccc(OC)cc12. The minimum atomic E-state index is -4.72. The highest BCUT2D eigenvalue weighted by molar-refractivity contribution is 5.83. The molecule has 1 aromatic heterocycles. The number of ether oxygens (including phenoxy) is 2. The summed E-state index contributed by atoms with van der Waals surface area (Å²) in [6.07, 6.45) is 0.164. The number of halogens is 3. The molecular formula is C28H30F3N2O3+. The van der Waals surface area contributed by atoms with E-state index in [9.17, 15) is 18.3 Å². The van der Waals surface area contributed by atoms with Crippen molar-refractivity contribution in [2.24, 2.45) is 11.8 Å². The van der Waals surface area contributed by atoms with Crippen LogP contribution in [0.4, 0.5) is 13.2 Å². The molecule has 3 aliphatic heterocycles. The van der Waals surface area contributed by atoms with Crippen LogP contribution in [0, 0.1) is 11.8 Å². The summed E-state index contributed by atoms with van der Waals surface area (Å²) in [4.78, 5) is 4.46. The fourth-order valence-corrected chi connectivity index (χ4v) is 6.28.